The van der Waals surface area contributed by atoms with Gasteiger partial charge in [-0.05, 0) is 0 Å². The van der Waals surface area contributed by atoms with Crippen LogP contribution in [0, 0.1) is 0 Å². The molecular weight excluding hydrogens is 121 g/mol. The minimum atomic E-state index is -3.08. The van der Waals surface area contributed by atoms with Crippen molar-refractivity contribution in [1.82, 2.24) is 0 Å². The summed E-state index contributed by atoms with van der Waals surface area (Å²) in [6.45, 7) is 4.01. The van der Waals surface area contributed by atoms with Gasteiger partial charge in [0.15, 0.2) is 0 Å². The van der Waals surface area contributed by atoms with Crippen LogP contribution < -0.4 is 0 Å². The van der Waals surface area contributed by atoms with Crippen LogP contribution in [0.2, 0.25) is 13.6 Å². The van der Waals surface area contributed by atoms with Gasteiger partial charge in [-0.15, -0.1) is 0 Å². The van der Waals surface area contributed by atoms with Gasteiger partial charge in [0.2, 0.25) is 5.88 Å². The normalized spacial score (nSPS) is 10.8. The standard InChI is InChI=1S/C2H6B3O2S/c1-4-8(6,7)5(2)3/h1-2H3. The maximum Gasteiger partial charge on any atom is 0.259 e. The lowest BCUT2D eigenvalue weighted by Crippen LogP contribution is -2.26. The van der Waals surface area contributed by atoms with Gasteiger partial charge >= 0.3 is 0 Å². The van der Waals surface area contributed by atoms with Gasteiger partial charge in [-0.3, -0.25) is 8.42 Å². The summed E-state index contributed by atoms with van der Waals surface area (Å²) >= 11 is 0. The quantitative estimate of drug-likeness (QED) is 0.461. The fourth-order valence-corrected chi connectivity index (χ4v) is 0.644. The summed E-state index contributed by atoms with van der Waals surface area (Å²) in [5.74, 6) is -0.771. The molecule has 0 aromatic rings. The van der Waals surface area contributed by atoms with Gasteiger partial charge in [-0.25, -0.2) is 0 Å². The first-order valence-corrected chi connectivity index (χ1v) is 3.90. The first kappa shape index (κ1) is 8.14. The molecule has 0 aromatic carbocycles. The summed E-state index contributed by atoms with van der Waals surface area (Å²) in [5, 5.41) is 0. The Morgan fingerprint density at radius 1 is 1.62 bits per heavy atom. The van der Waals surface area contributed by atoms with Gasteiger partial charge in [0, 0.05) is 7.74 Å². The molecule has 3 radical (unpaired) electrons. The van der Waals surface area contributed by atoms with Crippen molar-refractivity contribution >= 4 is 29.7 Å². The average Bonchev–Trinajstić information content (AvgIpc) is 1.67. The molecule has 0 unspecified atom stereocenters. The second-order valence-corrected chi connectivity index (χ2v) is 3.92. The van der Waals surface area contributed by atoms with E-state index in [9.17, 15) is 8.42 Å². The molecule has 0 aliphatic heterocycles. The SMILES string of the molecule is [B]B(C)S(=O)(=O)[B]C. The van der Waals surface area contributed by atoms with Crippen molar-refractivity contribution in [2.75, 3.05) is 0 Å². The molecule has 0 aliphatic rings. The van der Waals surface area contributed by atoms with Crippen LogP contribution in [-0.2, 0) is 9.54 Å². The Morgan fingerprint density at radius 2 is 2.00 bits per heavy atom. The van der Waals surface area contributed by atoms with E-state index in [1.54, 1.807) is 0 Å². The van der Waals surface area contributed by atoms with Crippen molar-refractivity contribution in [2.24, 2.45) is 0 Å². The molecular formula is C2H6B3O2S. The smallest absolute Gasteiger partial charge is 0.254 e. The van der Waals surface area contributed by atoms with Crippen molar-refractivity contribution in [1.29, 1.82) is 0 Å². The lowest BCUT2D eigenvalue weighted by molar-refractivity contribution is 0.620. The highest BCUT2D eigenvalue weighted by Crippen LogP contribution is 1.88. The number of rotatable bonds is 2. The van der Waals surface area contributed by atoms with E-state index in [0.717, 1.165) is 6.56 Å². The number of hydrogen-bond donors (Lipinski definition) is 0. The Balaban J connectivity index is 4.17. The first-order chi connectivity index (χ1) is 3.50. The summed E-state index contributed by atoms with van der Waals surface area (Å²) in [7, 11) is 1.98. The monoisotopic (exact) mass is 127 g/mol. The molecule has 41 valence electrons. The molecule has 0 saturated heterocycles. The highest BCUT2D eigenvalue weighted by molar-refractivity contribution is 8.39. The van der Waals surface area contributed by atoms with Gasteiger partial charge < -0.3 is 0 Å². The van der Waals surface area contributed by atoms with E-state index >= 15 is 0 Å². The Kier molecular flexibility index (Phi) is 2.67. The predicted molar refractivity (Wildman–Crippen MR) is 37.9 cm³/mol. The Morgan fingerprint density at radius 3 is 2.00 bits per heavy atom. The van der Waals surface area contributed by atoms with E-state index in [-0.39, 0.29) is 0 Å². The molecule has 8 heavy (non-hydrogen) atoms. The molecule has 0 N–H and O–H groups in total. The molecule has 0 saturated carbocycles. The molecule has 0 atom stereocenters. The van der Waals surface area contributed by atoms with Crippen LogP contribution >= 0.6 is 0 Å². The minimum absolute atomic E-state index is 0.771. The summed E-state index contributed by atoms with van der Waals surface area (Å²) in [5.41, 5.74) is 0. The summed E-state index contributed by atoms with van der Waals surface area (Å²) in [4.78, 5) is 0. The van der Waals surface area contributed by atoms with E-state index in [4.69, 9.17) is 7.74 Å². The van der Waals surface area contributed by atoms with E-state index in [1.165, 1.54) is 13.6 Å². The van der Waals surface area contributed by atoms with Crippen molar-refractivity contribution in [3.05, 3.63) is 0 Å². The molecule has 0 bridgehead atoms. The van der Waals surface area contributed by atoms with Gasteiger partial charge in [0.05, 0.1) is 9.54 Å². The molecule has 6 heteroatoms. The topological polar surface area (TPSA) is 34.1 Å². The second kappa shape index (κ2) is 2.62. The molecule has 0 aromatic heterocycles. The fraction of sp³-hybridized carbons (Fsp3) is 1.00. The van der Waals surface area contributed by atoms with Gasteiger partial charge in [-0.1, -0.05) is 13.6 Å². The highest BCUT2D eigenvalue weighted by Gasteiger charge is 2.15. The minimum Gasteiger partial charge on any atom is -0.254 e. The van der Waals surface area contributed by atoms with E-state index in [0.29, 0.717) is 0 Å². The zero-order valence-electron chi connectivity index (χ0n) is 4.96. The molecule has 0 amide bonds. The zero-order valence-corrected chi connectivity index (χ0v) is 5.77. The van der Waals surface area contributed by atoms with Crippen LogP contribution in [0.15, 0.2) is 0 Å². The molecule has 2 nitrogen and oxygen atoms in total. The van der Waals surface area contributed by atoms with E-state index in [2.05, 4.69) is 0 Å². The van der Waals surface area contributed by atoms with Crippen LogP contribution in [0.25, 0.3) is 0 Å². The maximum absolute atomic E-state index is 10.5. The Bertz CT molecular complexity index is 149. The predicted octanol–water partition coefficient (Wildman–Crippen LogP) is -0.645. The van der Waals surface area contributed by atoms with Crippen LogP contribution in [0.1, 0.15) is 0 Å². The van der Waals surface area contributed by atoms with Crippen LogP contribution in [0.4, 0.5) is 0 Å². The second-order valence-electron chi connectivity index (χ2n) is 1.53. The molecule has 0 spiro atoms. The largest absolute Gasteiger partial charge is 0.259 e. The van der Waals surface area contributed by atoms with Crippen molar-refractivity contribution in [3.8, 4) is 0 Å². The molecule has 0 aliphatic carbocycles. The average molecular weight is 127 g/mol. The van der Waals surface area contributed by atoms with Gasteiger partial charge in [0.1, 0.15) is 0 Å². The summed E-state index contributed by atoms with van der Waals surface area (Å²) < 4.78 is 21.0. The zero-order chi connectivity index (χ0) is 6.78. The lowest BCUT2D eigenvalue weighted by Gasteiger charge is -1.97. The summed E-state index contributed by atoms with van der Waals surface area (Å²) in [6, 6.07) is 0. The molecule has 0 rings (SSSR count). The first-order valence-electron chi connectivity index (χ1n) is 2.29. The van der Waals surface area contributed by atoms with Crippen molar-refractivity contribution in [3.63, 3.8) is 0 Å². The van der Waals surface area contributed by atoms with Crippen LogP contribution in [-0.4, -0.2) is 28.6 Å². The summed E-state index contributed by atoms with van der Waals surface area (Å²) in [6.07, 6.45) is 0. The van der Waals surface area contributed by atoms with Crippen molar-refractivity contribution < 1.29 is 8.42 Å². The molecule has 0 heterocycles. The third-order valence-electron chi connectivity index (χ3n) is 0.847. The third-order valence-corrected chi connectivity index (χ3v) is 2.54. The van der Waals surface area contributed by atoms with Crippen LogP contribution in [0.5, 0.6) is 0 Å². The maximum atomic E-state index is 10.5. The number of hydrogen-bond acceptors (Lipinski definition) is 2. The Hall–Kier alpha value is 0.145. The molecule has 0 fully saturated rings. The van der Waals surface area contributed by atoms with Gasteiger partial charge in [-0.2, -0.15) is 0 Å². The third kappa shape index (κ3) is 1.94. The van der Waals surface area contributed by atoms with E-state index in [1.807, 2.05) is 0 Å². The van der Waals surface area contributed by atoms with E-state index < -0.39 is 15.4 Å². The Labute approximate surface area is 52.5 Å². The van der Waals surface area contributed by atoms with Gasteiger partial charge in [0.25, 0.3) is 6.56 Å². The van der Waals surface area contributed by atoms with Crippen molar-refractivity contribution in [2.45, 2.75) is 13.6 Å². The van der Waals surface area contributed by atoms with Crippen LogP contribution in [0.3, 0.4) is 0 Å². The highest BCUT2D eigenvalue weighted by atomic mass is 32.2. The fourth-order valence-electron chi connectivity index (χ4n) is 0.215. The lowest BCUT2D eigenvalue weighted by atomic mass is 9.56.